The SMILES string of the molecule is COc1ccc(-c2ccc(CCCN(C=O)c3ccc(CN4CCCCC4)cc3)nn2)cc1. The van der Waals surface area contributed by atoms with Gasteiger partial charge in [0, 0.05) is 24.3 Å². The summed E-state index contributed by atoms with van der Waals surface area (Å²) in [5.74, 6) is 0.819. The molecule has 172 valence electrons. The predicted octanol–water partition coefficient (Wildman–Crippen LogP) is 4.73. The molecule has 0 spiro atoms. The number of amides is 1. The van der Waals surface area contributed by atoms with E-state index in [4.69, 9.17) is 4.74 Å². The molecule has 0 atom stereocenters. The van der Waals surface area contributed by atoms with Crippen LogP contribution in [0.1, 0.15) is 36.9 Å². The second-order valence-corrected chi connectivity index (χ2v) is 8.54. The number of methoxy groups -OCH3 is 1. The van der Waals surface area contributed by atoms with E-state index in [1.807, 2.05) is 36.4 Å². The van der Waals surface area contributed by atoms with E-state index in [2.05, 4.69) is 39.4 Å². The summed E-state index contributed by atoms with van der Waals surface area (Å²) in [6, 6.07) is 20.2. The molecule has 2 aromatic carbocycles. The van der Waals surface area contributed by atoms with Crippen LogP contribution in [0.3, 0.4) is 0 Å². The highest BCUT2D eigenvalue weighted by atomic mass is 16.5. The molecule has 0 aliphatic carbocycles. The lowest BCUT2D eigenvalue weighted by Gasteiger charge is -2.26. The Morgan fingerprint density at radius 2 is 1.70 bits per heavy atom. The first-order chi connectivity index (χ1) is 16.2. The van der Waals surface area contributed by atoms with Crippen molar-refractivity contribution >= 4 is 12.1 Å². The summed E-state index contributed by atoms with van der Waals surface area (Å²) in [6.07, 6.45) is 6.45. The van der Waals surface area contributed by atoms with Crippen LogP contribution >= 0.6 is 0 Å². The molecule has 1 amide bonds. The van der Waals surface area contributed by atoms with Gasteiger partial charge in [-0.05, 0) is 92.9 Å². The molecule has 0 bridgehead atoms. The number of likely N-dealkylation sites (tertiary alicyclic amines) is 1. The highest BCUT2D eigenvalue weighted by molar-refractivity contribution is 5.75. The van der Waals surface area contributed by atoms with E-state index in [1.165, 1.54) is 37.9 Å². The van der Waals surface area contributed by atoms with E-state index in [0.29, 0.717) is 6.54 Å². The topological polar surface area (TPSA) is 58.6 Å². The molecule has 1 aliphatic heterocycles. The zero-order valence-corrected chi connectivity index (χ0v) is 19.3. The smallest absolute Gasteiger partial charge is 0.214 e. The molecule has 6 nitrogen and oxygen atoms in total. The number of benzene rings is 2. The number of hydrogen-bond donors (Lipinski definition) is 0. The number of carbonyl (C=O) groups excluding carboxylic acids is 1. The van der Waals surface area contributed by atoms with Gasteiger partial charge in [-0.1, -0.05) is 18.6 Å². The predicted molar refractivity (Wildman–Crippen MR) is 131 cm³/mol. The average Bonchev–Trinajstić information content (AvgIpc) is 2.88. The number of ether oxygens (including phenoxy) is 1. The maximum atomic E-state index is 11.7. The minimum absolute atomic E-state index is 0.650. The van der Waals surface area contributed by atoms with Crippen molar-refractivity contribution in [3.63, 3.8) is 0 Å². The normalized spacial score (nSPS) is 14.1. The Morgan fingerprint density at radius 3 is 2.33 bits per heavy atom. The molecular formula is C27H32N4O2. The summed E-state index contributed by atoms with van der Waals surface area (Å²) in [4.78, 5) is 16.0. The van der Waals surface area contributed by atoms with Crippen LogP contribution in [-0.2, 0) is 17.8 Å². The molecule has 3 aromatic rings. The largest absolute Gasteiger partial charge is 0.497 e. The number of aromatic nitrogens is 2. The fourth-order valence-electron chi connectivity index (χ4n) is 4.25. The van der Waals surface area contributed by atoms with Gasteiger partial charge in [-0.2, -0.15) is 10.2 Å². The number of rotatable bonds is 10. The van der Waals surface area contributed by atoms with E-state index < -0.39 is 0 Å². The molecule has 0 unspecified atom stereocenters. The monoisotopic (exact) mass is 444 g/mol. The molecule has 0 saturated carbocycles. The summed E-state index contributed by atoms with van der Waals surface area (Å²) in [6.45, 7) is 4.02. The molecule has 1 aromatic heterocycles. The van der Waals surface area contributed by atoms with Gasteiger partial charge in [0.2, 0.25) is 6.41 Å². The summed E-state index contributed by atoms with van der Waals surface area (Å²) in [5, 5.41) is 8.73. The van der Waals surface area contributed by atoms with Crippen LogP contribution in [-0.4, -0.2) is 48.3 Å². The third-order valence-corrected chi connectivity index (χ3v) is 6.19. The first kappa shape index (κ1) is 22.9. The van der Waals surface area contributed by atoms with Crippen LogP contribution in [0.5, 0.6) is 5.75 Å². The molecular weight excluding hydrogens is 412 g/mol. The molecule has 1 aliphatic rings. The second kappa shape index (κ2) is 11.6. The van der Waals surface area contributed by atoms with Gasteiger partial charge in [0.05, 0.1) is 18.5 Å². The maximum Gasteiger partial charge on any atom is 0.214 e. The quantitative estimate of drug-likeness (QED) is 0.423. The Bertz CT molecular complexity index is 998. The van der Waals surface area contributed by atoms with Gasteiger partial charge in [-0.3, -0.25) is 9.69 Å². The Morgan fingerprint density at radius 1 is 0.939 bits per heavy atom. The van der Waals surface area contributed by atoms with Crippen LogP contribution < -0.4 is 9.64 Å². The van der Waals surface area contributed by atoms with E-state index >= 15 is 0 Å². The first-order valence-corrected chi connectivity index (χ1v) is 11.8. The molecule has 0 N–H and O–H groups in total. The van der Waals surface area contributed by atoms with Gasteiger partial charge < -0.3 is 9.64 Å². The number of nitrogens with zero attached hydrogens (tertiary/aromatic N) is 4. The lowest BCUT2D eigenvalue weighted by molar-refractivity contribution is -0.107. The maximum absolute atomic E-state index is 11.7. The zero-order chi connectivity index (χ0) is 22.9. The van der Waals surface area contributed by atoms with E-state index in [0.717, 1.165) is 54.2 Å². The Labute approximate surface area is 196 Å². The molecule has 1 fully saturated rings. The van der Waals surface area contributed by atoms with Crippen molar-refractivity contribution in [2.24, 2.45) is 0 Å². The van der Waals surface area contributed by atoms with E-state index in [9.17, 15) is 4.79 Å². The molecule has 1 saturated heterocycles. The summed E-state index contributed by atoms with van der Waals surface area (Å²) in [5.41, 5.74) is 5.01. The molecule has 33 heavy (non-hydrogen) atoms. The van der Waals surface area contributed by atoms with Gasteiger partial charge in [0.1, 0.15) is 5.75 Å². The van der Waals surface area contributed by atoms with Crippen LogP contribution in [0.15, 0.2) is 60.7 Å². The Balaban J connectivity index is 1.27. The fraction of sp³-hybridized carbons (Fsp3) is 0.370. The minimum atomic E-state index is 0.650. The Hall–Kier alpha value is -3.25. The number of piperidine rings is 1. The number of carbonyl (C=O) groups is 1. The van der Waals surface area contributed by atoms with Crippen molar-refractivity contribution in [3.05, 3.63) is 71.9 Å². The van der Waals surface area contributed by atoms with Crippen LogP contribution in [0.2, 0.25) is 0 Å². The van der Waals surface area contributed by atoms with Crippen molar-refractivity contribution in [1.82, 2.24) is 15.1 Å². The highest BCUT2D eigenvalue weighted by Gasteiger charge is 2.11. The number of anilines is 1. The van der Waals surface area contributed by atoms with Crippen molar-refractivity contribution < 1.29 is 9.53 Å². The fourth-order valence-corrected chi connectivity index (χ4v) is 4.25. The van der Waals surface area contributed by atoms with Crippen molar-refractivity contribution in [2.45, 2.75) is 38.6 Å². The first-order valence-electron chi connectivity index (χ1n) is 11.8. The second-order valence-electron chi connectivity index (χ2n) is 8.54. The molecule has 4 rings (SSSR count). The third kappa shape index (κ3) is 6.39. The van der Waals surface area contributed by atoms with Gasteiger partial charge in [-0.25, -0.2) is 0 Å². The highest BCUT2D eigenvalue weighted by Crippen LogP contribution is 2.21. The molecule has 6 heteroatoms. The van der Waals surface area contributed by atoms with Crippen molar-refractivity contribution in [1.29, 1.82) is 0 Å². The van der Waals surface area contributed by atoms with Crippen LogP contribution in [0.25, 0.3) is 11.3 Å². The minimum Gasteiger partial charge on any atom is -0.497 e. The lowest BCUT2D eigenvalue weighted by Crippen LogP contribution is -2.29. The molecule has 0 radical (unpaired) electrons. The number of aryl methyl sites for hydroxylation is 1. The zero-order valence-electron chi connectivity index (χ0n) is 19.3. The van der Waals surface area contributed by atoms with E-state index in [1.54, 1.807) is 12.0 Å². The van der Waals surface area contributed by atoms with Gasteiger partial charge in [0.25, 0.3) is 0 Å². The van der Waals surface area contributed by atoms with Gasteiger partial charge in [-0.15, -0.1) is 0 Å². The van der Waals surface area contributed by atoms with Crippen LogP contribution in [0, 0.1) is 0 Å². The Kier molecular flexibility index (Phi) is 8.04. The summed E-state index contributed by atoms with van der Waals surface area (Å²) >= 11 is 0. The van der Waals surface area contributed by atoms with Crippen molar-refractivity contribution in [3.8, 4) is 17.0 Å². The van der Waals surface area contributed by atoms with Crippen LogP contribution in [0.4, 0.5) is 5.69 Å². The summed E-state index contributed by atoms with van der Waals surface area (Å²) in [7, 11) is 1.65. The number of hydrogen-bond acceptors (Lipinski definition) is 5. The van der Waals surface area contributed by atoms with Gasteiger partial charge >= 0.3 is 0 Å². The summed E-state index contributed by atoms with van der Waals surface area (Å²) < 4.78 is 5.20. The van der Waals surface area contributed by atoms with Crippen molar-refractivity contribution in [2.75, 3.05) is 31.6 Å². The standard InChI is InChI=1S/C27H32N4O2/c1-33-26-14-9-23(10-15-26)27-16-11-24(28-29-27)6-5-19-31(21-32)25-12-7-22(8-13-25)20-30-17-3-2-4-18-30/h7-16,21H,2-6,17-20H2,1H3. The average molecular weight is 445 g/mol. The lowest BCUT2D eigenvalue weighted by atomic mass is 10.1. The third-order valence-electron chi connectivity index (χ3n) is 6.19. The molecule has 2 heterocycles. The van der Waals surface area contributed by atoms with E-state index in [-0.39, 0.29) is 0 Å². The van der Waals surface area contributed by atoms with Gasteiger partial charge in [0.15, 0.2) is 0 Å².